The van der Waals surface area contributed by atoms with Crippen LogP contribution in [0.3, 0.4) is 0 Å². The molecule has 1 atom stereocenters. The van der Waals surface area contributed by atoms with E-state index in [9.17, 15) is 9.18 Å². The van der Waals surface area contributed by atoms with Crippen molar-refractivity contribution in [2.24, 2.45) is 23.2 Å². The molecule has 1 saturated heterocycles. The maximum absolute atomic E-state index is 13.5. The minimum Gasteiger partial charge on any atom is -0.350 e. The normalized spacial score (nSPS) is 35.4. The van der Waals surface area contributed by atoms with E-state index >= 15 is 0 Å². The highest BCUT2D eigenvalue weighted by Gasteiger charge is 2.50. The van der Waals surface area contributed by atoms with Crippen molar-refractivity contribution >= 4 is 11.6 Å². The molecule has 0 radical (unpaired) electrons. The van der Waals surface area contributed by atoms with E-state index in [1.54, 1.807) is 0 Å². The molecule has 5 fully saturated rings. The highest BCUT2D eigenvalue weighted by molar-refractivity contribution is 5.93. The van der Waals surface area contributed by atoms with Gasteiger partial charge in [0, 0.05) is 32.4 Å². The lowest BCUT2D eigenvalue weighted by Gasteiger charge is -2.56. The van der Waals surface area contributed by atoms with Crippen molar-refractivity contribution in [1.29, 1.82) is 0 Å². The van der Waals surface area contributed by atoms with Crippen molar-refractivity contribution in [3.63, 3.8) is 0 Å². The van der Waals surface area contributed by atoms with E-state index in [1.807, 2.05) is 28.8 Å². The first-order valence-electron chi connectivity index (χ1n) is 11.7. The average Bonchev–Trinajstić information content (AvgIpc) is 3.30. The van der Waals surface area contributed by atoms with Crippen LogP contribution in [0.2, 0.25) is 0 Å². The Bertz CT molecular complexity index is 934. The van der Waals surface area contributed by atoms with Crippen LogP contribution in [-0.2, 0) is 6.54 Å². The number of aromatic nitrogens is 2. The Morgan fingerprint density at radius 2 is 1.90 bits per heavy atom. The predicted octanol–water partition coefficient (Wildman–Crippen LogP) is 3.82. The Hall–Kier alpha value is -1.95. The van der Waals surface area contributed by atoms with Gasteiger partial charge in [-0.15, -0.1) is 0 Å². The Labute approximate surface area is 177 Å². The van der Waals surface area contributed by atoms with Gasteiger partial charge in [-0.3, -0.25) is 14.1 Å². The second-order valence-corrected chi connectivity index (χ2v) is 10.6. The Balaban J connectivity index is 1.17. The summed E-state index contributed by atoms with van der Waals surface area (Å²) >= 11 is 0. The van der Waals surface area contributed by atoms with E-state index in [4.69, 9.17) is 0 Å². The summed E-state index contributed by atoms with van der Waals surface area (Å²) in [5.41, 5.74) is 2.64. The molecule has 1 aliphatic heterocycles. The zero-order chi connectivity index (χ0) is 20.3. The number of hydrogen-bond donors (Lipinski definition) is 1. The maximum Gasteiger partial charge on any atom is 0.268 e. The van der Waals surface area contributed by atoms with E-state index in [1.165, 1.54) is 38.5 Å². The summed E-state index contributed by atoms with van der Waals surface area (Å²) < 4.78 is 15.4. The number of carbonyl (C=O) groups is 1. The molecule has 2 aromatic rings. The fourth-order valence-corrected chi connectivity index (χ4v) is 7.35. The molecule has 2 aromatic heterocycles. The fraction of sp³-hybridized carbons (Fsp3) is 0.667. The number of fused-ring (bicyclic) bond motifs is 1. The quantitative estimate of drug-likeness (QED) is 0.815. The SMILES string of the molecule is O=C(NCC12CC3CC(CC(C3)C1)C2)c1cccc2nc(CN3CC[C@@H](F)C3)cn12. The smallest absolute Gasteiger partial charge is 0.268 e. The van der Waals surface area contributed by atoms with Crippen LogP contribution in [0.25, 0.3) is 5.65 Å². The number of likely N-dealkylation sites (tertiary alicyclic amines) is 1. The molecule has 3 heterocycles. The van der Waals surface area contributed by atoms with Crippen molar-refractivity contribution in [3.05, 3.63) is 35.8 Å². The average molecular weight is 411 g/mol. The van der Waals surface area contributed by atoms with Crippen LogP contribution in [-0.4, -0.2) is 46.0 Å². The molecule has 7 rings (SSSR count). The van der Waals surface area contributed by atoms with Crippen LogP contribution >= 0.6 is 0 Å². The monoisotopic (exact) mass is 410 g/mol. The third kappa shape index (κ3) is 3.33. The maximum atomic E-state index is 13.5. The summed E-state index contributed by atoms with van der Waals surface area (Å²) in [6, 6.07) is 5.71. The lowest BCUT2D eigenvalue weighted by atomic mass is 9.49. The molecule has 4 bridgehead atoms. The molecule has 30 heavy (non-hydrogen) atoms. The van der Waals surface area contributed by atoms with E-state index in [-0.39, 0.29) is 5.91 Å². The van der Waals surface area contributed by atoms with Crippen LogP contribution in [0.15, 0.2) is 24.4 Å². The van der Waals surface area contributed by atoms with E-state index in [0.29, 0.717) is 30.6 Å². The second-order valence-electron chi connectivity index (χ2n) is 10.6. The number of carbonyl (C=O) groups excluding carboxylic acids is 1. The van der Waals surface area contributed by atoms with Crippen molar-refractivity contribution in [3.8, 4) is 0 Å². The third-order valence-electron chi connectivity index (χ3n) is 8.16. The highest BCUT2D eigenvalue weighted by atomic mass is 19.1. The summed E-state index contributed by atoms with van der Waals surface area (Å²) in [5.74, 6) is 2.66. The highest BCUT2D eigenvalue weighted by Crippen LogP contribution is 2.59. The Morgan fingerprint density at radius 1 is 1.17 bits per heavy atom. The lowest BCUT2D eigenvalue weighted by Crippen LogP contribution is -2.51. The second kappa shape index (κ2) is 7.04. The minimum absolute atomic E-state index is 0.00899. The Morgan fingerprint density at radius 3 is 2.57 bits per heavy atom. The number of nitrogens with zero attached hydrogens (tertiary/aromatic N) is 3. The van der Waals surface area contributed by atoms with Gasteiger partial charge in [0.25, 0.3) is 5.91 Å². The number of imidazole rings is 1. The van der Waals surface area contributed by atoms with Gasteiger partial charge < -0.3 is 5.32 Å². The molecular weight excluding hydrogens is 379 g/mol. The molecule has 5 aliphatic rings. The van der Waals surface area contributed by atoms with Crippen molar-refractivity contribution in [2.75, 3.05) is 19.6 Å². The molecule has 1 amide bonds. The number of pyridine rings is 1. The first-order chi connectivity index (χ1) is 14.6. The molecule has 160 valence electrons. The zero-order valence-electron chi connectivity index (χ0n) is 17.5. The van der Waals surface area contributed by atoms with Crippen molar-refractivity contribution < 1.29 is 9.18 Å². The molecule has 0 spiro atoms. The van der Waals surface area contributed by atoms with Gasteiger partial charge in [0.1, 0.15) is 17.5 Å². The van der Waals surface area contributed by atoms with E-state index < -0.39 is 6.17 Å². The van der Waals surface area contributed by atoms with Crippen LogP contribution < -0.4 is 5.32 Å². The molecule has 5 nitrogen and oxygen atoms in total. The molecule has 4 saturated carbocycles. The van der Waals surface area contributed by atoms with E-state index in [2.05, 4.69) is 15.2 Å². The first kappa shape index (κ1) is 18.8. The molecule has 0 aromatic carbocycles. The summed E-state index contributed by atoms with van der Waals surface area (Å²) in [7, 11) is 0. The number of hydrogen-bond acceptors (Lipinski definition) is 3. The number of halogens is 1. The predicted molar refractivity (Wildman–Crippen MR) is 113 cm³/mol. The number of amides is 1. The molecular formula is C24H31FN4O. The standard InChI is InChI=1S/C24H31FN4O/c25-19-4-5-28(12-19)13-20-14-29-21(2-1-3-22(29)27-20)23(30)26-15-24-9-16-6-17(10-24)8-18(7-16)11-24/h1-3,14,16-19H,4-13,15H2,(H,26,30)/t16?,17?,18?,19-,24?/m1/s1. The third-order valence-corrected chi connectivity index (χ3v) is 8.16. The zero-order valence-corrected chi connectivity index (χ0v) is 17.5. The van der Waals surface area contributed by atoms with Crippen molar-refractivity contribution in [2.45, 2.75) is 57.7 Å². The minimum atomic E-state index is -0.729. The summed E-state index contributed by atoms with van der Waals surface area (Å²) in [4.78, 5) is 19.9. The summed E-state index contributed by atoms with van der Waals surface area (Å²) in [5, 5.41) is 3.29. The Kier molecular flexibility index (Phi) is 4.41. The van der Waals surface area contributed by atoms with Gasteiger partial charge in [-0.1, -0.05) is 6.07 Å². The topological polar surface area (TPSA) is 49.6 Å². The van der Waals surface area contributed by atoms with Crippen LogP contribution in [0.1, 0.15) is 61.1 Å². The number of nitrogens with one attached hydrogen (secondary N) is 1. The lowest BCUT2D eigenvalue weighted by molar-refractivity contribution is -0.0503. The van der Waals surface area contributed by atoms with Crippen LogP contribution in [0.4, 0.5) is 4.39 Å². The van der Waals surface area contributed by atoms with Gasteiger partial charge in [0.2, 0.25) is 0 Å². The fourth-order valence-electron chi connectivity index (χ4n) is 7.35. The molecule has 4 aliphatic carbocycles. The number of rotatable bonds is 5. The van der Waals surface area contributed by atoms with Gasteiger partial charge in [-0.25, -0.2) is 9.37 Å². The van der Waals surface area contributed by atoms with E-state index in [0.717, 1.165) is 42.2 Å². The van der Waals surface area contributed by atoms with Gasteiger partial charge in [0.15, 0.2) is 0 Å². The van der Waals surface area contributed by atoms with Crippen LogP contribution in [0, 0.1) is 23.2 Å². The van der Waals surface area contributed by atoms with Gasteiger partial charge in [0.05, 0.1) is 5.69 Å². The van der Waals surface area contributed by atoms with Crippen molar-refractivity contribution in [1.82, 2.24) is 19.6 Å². The summed E-state index contributed by atoms with van der Waals surface area (Å²) in [6.07, 6.45) is 9.97. The molecule has 6 heteroatoms. The first-order valence-corrected chi connectivity index (χ1v) is 11.7. The van der Waals surface area contributed by atoms with Gasteiger partial charge >= 0.3 is 0 Å². The van der Waals surface area contributed by atoms with Gasteiger partial charge in [-0.2, -0.15) is 0 Å². The largest absolute Gasteiger partial charge is 0.350 e. The molecule has 0 unspecified atom stereocenters. The van der Waals surface area contributed by atoms with Gasteiger partial charge in [-0.05, 0) is 80.2 Å². The number of alkyl halides is 1. The molecule has 1 N–H and O–H groups in total. The summed E-state index contributed by atoms with van der Waals surface area (Å²) in [6.45, 7) is 2.69. The van der Waals surface area contributed by atoms with Crippen LogP contribution in [0.5, 0.6) is 0 Å².